The molecule has 0 radical (unpaired) electrons. The van der Waals surface area contributed by atoms with Gasteiger partial charge in [0.2, 0.25) is 10.0 Å². The molecular weight excluding hydrogens is 250 g/mol. The van der Waals surface area contributed by atoms with Crippen LogP contribution in [-0.4, -0.2) is 29.1 Å². The van der Waals surface area contributed by atoms with Gasteiger partial charge >= 0.3 is 0 Å². The van der Waals surface area contributed by atoms with Crippen molar-refractivity contribution >= 4 is 21.4 Å². The molecule has 0 atom stereocenters. The Morgan fingerprint density at radius 2 is 2.11 bits per heavy atom. The highest BCUT2D eigenvalue weighted by atomic mass is 32.2. The highest BCUT2D eigenvalue weighted by Gasteiger charge is 2.24. The molecule has 2 rings (SSSR count). The SMILES string of the molecule is CNS(=O)(=O)c1ccc(N(C)CC2CC2)c(N)c1. The van der Waals surface area contributed by atoms with Crippen molar-refractivity contribution in [2.75, 3.05) is 31.3 Å². The van der Waals surface area contributed by atoms with Crippen LogP contribution in [0.1, 0.15) is 12.8 Å². The van der Waals surface area contributed by atoms with Crippen LogP contribution < -0.4 is 15.4 Å². The van der Waals surface area contributed by atoms with Gasteiger partial charge in [-0.3, -0.25) is 0 Å². The minimum absolute atomic E-state index is 0.200. The Bertz CT molecular complexity index is 538. The lowest BCUT2D eigenvalue weighted by Crippen LogP contribution is -2.22. The number of sulfonamides is 1. The van der Waals surface area contributed by atoms with Crippen molar-refractivity contribution in [1.29, 1.82) is 0 Å². The first kappa shape index (κ1) is 13.2. The third-order valence-corrected chi connectivity index (χ3v) is 4.63. The van der Waals surface area contributed by atoms with E-state index in [9.17, 15) is 8.42 Å². The third kappa shape index (κ3) is 2.76. The molecule has 0 aromatic heterocycles. The predicted octanol–water partition coefficient (Wildman–Crippen LogP) is 1.02. The first-order valence-corrected chi connectivity index (χ1v) is 7.46. The standard InChI is InChI=1S/C12H19N3O2S/c1-14-18(16,17)10-5-6-12(11(13)7-10)15(2)8-9-3-4-9/h5-7,9,14H,3-4,8,13H2,1-2H3. The molecule has 0 unspecified atom stereocenters. The molecule has 1 aromatic carbocycles. The average molecular weight is 269 g/mol. The summed E-state index contributed by atoms with van der Waals surface area (Å²) in [4.78, 5) is 2.29. The maximum atomic E-state index is 11.6. The second-order valence-electron chi connectivity index (χ2n) is 4.75. The van der Waals surface area contributed by atoms with Crippen LogP contribution in [0, 0.1) is 5.92 Å². The lowest BCUT2D eigenvalue weighted by atomic mass is 10.2. The highest BCUT2D eigenvalue weighted by molar-refractivity contribution is 7.89. The molecule has 0 aliphatic heterocycles. The van der Waals surface area contributed by atoms with Crippen molar-refractivity contribution < 1.29 is 8.42 Å². The summed E-state index contributed by atoms with van der Waals surface area (Å²) < 4.78 is 25.6. The maximum Gasteiger partial charge on any atom is 0.240 e. The zero-order chi connectivity index (χ0) is 13.3. The molecule has 100 valence electrons. The number of benzene rings is 1. The number of hydrogen-bond donors (Lipinski definition) is 2. The maximum absolute atomic E-state index is 11.6. The lowest BCUT2D eigenvalue weighted by molar-refractivity contribution is 0.588. The summed E-state index contributed by atoms with van der Waals surface area (Å²) >= 11 is 0. The summed E-state index contributed by atoms with van der Waals surface area (Å²) in [5.41, 5.74) is 7.32. The fourth-order valence-corrected chi connectivity index (χ4v) is 2.72. The quantitative estimate of drug-likeness (QED) is 0.783. The monoisotopic (exact) mass is 269 g/mol. The molecule has 1 aliphatic carbocycles. The van der Waals surface area contributed by atoms with Gasteiger partial charge in [-0.2, -0.15) is 0 Å². The van der Waals surface area contributed by atoms with Gasteiger partial charge in [-0.05, 0) is 44.0 Å². The zero-order valence-corrected chi connectivity index (χ0v) is 11.5. The van der Waals surface area contributed by atoms with Crippen LogP contribution in [0.4, 0.5) is 11.4 Å². The van der Waals surface area contributed by atoms with Gasteiger partial charge in [0.05, 0.1) is 16.3 Å². The second kappa shape index (κ2) is 4.78. The van der Waals surface area contributed by atoms with Gasteiger partial charge in [0.1, 0.15) is 0 Å². The number of nitrogens with zero attached hydrogens (tertiary/aromatic N) is 1. The molecule has 1 aromatic rings. The number of hydrogen-bond acceptors (Lipinski definition) is 4. The smallest absolute Gasteiger partial charge is 0.240 e. The van der Waals surface area contributed by atoms with Crippen LogP contribution in [0.2, 0.25) is 0 Å². The Morgan fingerprint density at radius 3 is 2.61 bits per heavy atom. The van der Waals surface area contributed by atoms with Gasteiger partial charge in [-0.25, -0.2) is 13.1 Å². The van der Waals surface area contributed by atoms with E-state index in [-0.39, 0.29) is 4.90 Å². The molecule has 5 nitrogen and oxygen atoms in total. The first-order chi connectivity index (χ1) is 8.44. The Labute approximate surface area is 108 Å². The average Bonchev–Trinajstić information content (AvgIpc) is 3.12. The molecule has 0 bridgehead atoms. The van der Waals surface area contributed by atoms with E-state index in [1.54, 1.807) is 12.1 Å². The summed E-state index contributed by atoms with van der Waals surface area (Å²) in [5.74, 6) is 0.759. The van der Waals surface area contributed by atoms with Gasteiger partial charge in [-0.15, -0.1) is 0 Å². The minimum Gasteiger partial charge on any atom is -0.397 e. The number of rotatable bonds is 5. The summed E-state index contributed by atoms with van der Waals surface area (Å²) in [6.45, 7) is 0.975. The lowest BCUT2D eigenvalue weighted by Gasteiger charge is -2.21. The van der Waals surface area contributed by atoms with E-state index >= 15 is 0 Å². The van der Waals surface area contributed by atoms with Crippen LogP contribution in [0.25, 0.3) is 0 Å². The summed E-state index contributed by atoms with van der Waals surface area (Å²) in [6.07, 6.45) is 2.55. The molecule has 3 N–H and O–H groups in total. The second-order valence-corrected chi connectivity index (χ2v) is 6.64. The van der Waals surface area contributed by atoms with E-state index in [0.29, 0.717) is 5.69 Å². The van der Waals surface area contributed by atoms with Crippen LogP contribution in [0.5, 0.6) is 0 Å². The van der Waals surface area contributed by atoms with E-state index < -0.39 is 10.0 Å². The normalized spacial score (nSPS) is 15.7. The Morgan fingerprint density at radius 1 is 1.44 bits per heavy atom. The molecule has 1 saturated carbocycles. The molecule has 6 heteroatoms. The highest BCUT2D eigenvalue weighted by Crippen LogP contribution is 2.33. The van der Waals surface area contributed by atoms with E-state index in [1.807, 2.05) is 7.05 Å². The minimum atomic E-state index is -3.42. The molecule has 0 saturated heterocycles. The van der Waals surface area contributed by atoms with Crippen LogP contribution in [-0.2, 0) is 10.0 Å². The zero-order valence-electron chi connectivity index (χ0n) is 10.7. The van der Waals surface area contributed by atoms with Crippen molar-refractivity contribution in [3.8, 4) is 0 Å². The van der Waals surface area contributed by atoms with Crippen LogP contribution in [0.3, 0.4) is 0 Å². The Balaban J connectivity index is 2.24. The van der Waals surface area contributed by atoms with Crippen molar-refractivity contribution in [3.05, 3.63) is 18.2 Å². The summed E-state index contributed by atoms with van der Waals surface area (Å²) in [7, 11) is -0.0524. The van der Waals surface area contributed by atoms with E-state index in [2.05, 4.69) is 9.62 Å². The topological polar surface area (TPSA) is 75.4 Å². The molecule has 18 heavy (non-hydrogen) atoms. The Kier molecular flexibility index (Phi) is 3.49. The first-order valence-electron chi connectivity index (χ1n) is 5.98. The number of anilines is 2. The molecule has 0 amide bonds. The van der Waals surface area contributed by atoms with Crippen molar-refractivity contribution in [2.45, 2.75) is 17.7 Å². The molecule has 0 heterocycles. The van der Waals surface area contributed by atoms with E-state index in [0.717, 1.165) is 18.2 Å². The molecule has 1 fully saturated rings. The number of nitrogen functional groups attached to an aromatic ring is 1. The van der Waals surface area contributed by atoms with Crippen LogP contribution in [0.15, 0.2) is 23.1 Å². The van der Waals surface area contributed by atoms with E-state index in [1.165, 1.54) is 26.0 Å². The van der Waals surface area contributed by atoms with Crippen LogP contribution >= 0.6 is 0 Å². The summed E-state index contributed by atoms with van der Waals surface area (Å²) in [5, 5.41) is 0. The van der Waals surface area contributed by atoms with Gasteiger partial charge < -0.3 is 10.6 Å². The van der Waals surface area contributed by atoms with Crippen molar-refractivity contribution in [3.63, 3.8) is 0 Å². The van der Waals surface area contributed by atoms with Gasteiger partial charge in [0, 0.05) is 13.6 Å². The number of nitrogens with one attached hydrogen (secondary N) is 1. The van der Waals surface area contributed by atoms with Gasteiger partial charge in [-0.1, -0.05) is 0 Å². The predicted molar refractivity (Wildman–Crippen MR) is 73.1 cm³/mol. The largest absolute Gasteiger partial charge is 0.397 e. The van der Waals surface area contributed by atoms with Crippen molar-refractivity contribution in [1.82, 2.24) is 4.72 Å². The van der Waals surface area contributed by atoms with Gasteiger partial charge in [0.15, 0.2) is 0 Å². The Hall–Kier alpha value is -1.27. The van der Waals surface area contributed by atoms with Gasteiger partial charge in [0.25, 0.3) is 0 Å². The summed E-state index contributed by atoms with van der Waals surface area (Å²) in [6, 6.07) is 4.85. The fraction of sp³-hybridized carbons (Fsp3) is 0.500. The fourth-order valence-electron chi connectivity index (χ4n) is 1.95. The molecule has 0 spiro atoms. The van der Waals surface area contributed by atoms with Crippen molar-refractivity contribution in [2.24, 2.45) is 5.92 Å². The third-order valence-electron chi connectivity index (χ3n) is 3.22. The molecule has 1 aliphatic rings. The van der Waals surface area contributed by atoms with E-state index in [4.69, 9.17) is 5.73 Å². The molecular formula is C12H19N3O2S. The number of nitrogens with two attached hydrogens (primary N) is 1.